The first kappa shape index (κ1) is 29.2. The Morgan fingerprint density at radius 2 is 1.49 bits per heavy atom. The van der Waals surface area contributed by atoms with Crippen molar-refractivity contribution in [3.8, 4) is 21.6 Å². The molecule has 8 nitrogen and oxygen atoms in total. The minimum atomic E-state index is -1.08. The van der Waals surface area contributed by atoms with Crippen LogP contribution in [0.1, 0.15) is 30.4 Å². The van der Waals surface area contributed by atoms with E-state index in [2.05, 4.69) is 34.2 Å². The van der Waals surface area contributed by atoms with E-state index in [1.807, 2.05) is 42.5 Å². The third kappa shape index (κ3) is 8.87. The molecule has 0 aliphatic carbocycles. The summed E-state index contributed by atoms with van der Waals surface area (Å²) in [6, 6.07) is 25.7. The normalized spacial score (nSPS) is 11.4. The highest BCUT2D eigenvalue weighted by Crippen LogP contribution is 2.32. The van der Waals surface area contributed by atoms with Crippen molar-refractivity contribution >= 4 is 40.8 Å². The minimum Gasteiger partial charge on any atom is -0.481 e. The Labute approximate surface area is 241 Å². The van der Waals surface area contributed by atoms with Crippen LogP contribution in [-0.4, -0.2) is 40.0 Å². The highest BCUT2D eigenvalue weighted by molar-refractivity contribution is 7.14. The number of carbonyl (C=O) groups excluding carboxylic acids is 2. The molecular weight excluding hydrogens is 540 g/mol. The van der Waals surface area contributed by atoms with Crippen molar-refractivity contribution in [3.05, 3.63) is 101 Å². The van der Waals surface area contributed by atoms with Crippen molar-refractivity contribution in [2.75, 3.05) is 5.32 Å². The van der Waals surface area contributed by atoms with Crippen LogP contribution in [0.2, 0.25) is 0 Å². The first-order valence-corrected chi connectivity index (χ1v) is 14.0. The maximum atomic E-state index is 12.9. The topological polar surface area (TPSA) is 133 Å². The van der Waals surface area contributed by atoms with Gasteiger partial charge >= 0.3 is 11.9 Å². The molecule has 0 spiro atoms. The summed E-state index contributed by atoms with van der Waals surface area (Å²) in [6.45, 7) is 0. The van der Waals surface area contributed by atoms with E-state index in [9.17, 15) is 19.2 Å². The average molecular weight is 571 g/mol. The number of anilines is 1. The van der Waals surface area contributed by atoms with E-state index >= 15 is 0 Å². The molecule has 1 unspecified atom stereocenters. The van der Waals surface area contributed by atoms with Gasteiger partial charge in [0.2, 0.25) is 11.8 Å². The lowest BCUT2D eigenvalue weighted by Crippen LogP contribution is -2.44. The molecule has 4 rings (SSSR count). The van der Waals surface area contributed by atoms with E-state index in [1.165, 1.54) is 17.2 Å². The fourth-order valence-corrected chi connectivity index (χ4v) is 5.25. The molecule has 4 N–H and O–H groups in total. The van der Waals surface area contributed by atoms with E-state index in [4.69, 9.17) is 10.2 Å². The summed E-state index contributed by atoms with van der Waals surface area (Å²) in [5, 5.41) is 25.5. The number of hydrogen-bond donors (Lipinski definition) is 4. The minimum absolute atomic E-state index is 0.0811. The lowest BCUT2D eigenvalue weighted by molar-refractivity contribution is -0.138. The quantitative estimate of drug-likeness (QED) is 0.165. The third-order valence-electron chi connectivity index (χ3n) is 6.43. The Hall–Kier alpha value is -4.76. The number of thiophene rings is 1. The van der Waals surface area contributed by atoms with Gasteiger partial charge in [-0.3, -0.25) is 19.2 Å². The molecule has 210 valence electrons. The van der Waals surface area contributed by atoms with Gasteiger partial charge < -0.3 is 20.8 Å². The number of benzene rings is 3. The Balaban J connectivity index is 1.33. The molecular formula is C32H30N2O6S. The van der Waals surface area contributed by atoms with E-state index in [0.29, 0.717) is 17.7 Å². The molecule has 0 radical (unpaired) electrons. The van der Waals surface area contributed by atoms with E-state index in [1.54, 1.807) is 29.5 Å². The van der Waals surface area contributed by atoms with Gasteiger partial charge in [-0.1, -0.05) is 66.7 Å². The van der Waals surface area contributed by atoms with Crippen molar-refractivity contribution in [1.82, 2.24) is 5.32 Å². The number of carboxylic acid groups (broad SMARTS) is 2. The van der Waals surface area contributed by atoms with Crippen LogP contribution in [0.25, 0.3) is 21.6 Å². The summed E-state index contributed by atoms with van der Waals surface area (Å²) in [6.07, 6.45) is -0.000509. The maximum absolute atomic E-state index is 12.9. The Bertz CT molecular complexity index is 1510. The molecule has 3 aromatic carbocycles. The van der Waals surface area contributed by atoms with Crippen molar-refractivity contribution in [2.45, 2.75) is 38.1 Å². The first-order valence-electron chi connectivity index (χ1n) is 13.1. The second-order valence-electron chi connectivity index (χ2n) is 9.58. The van der Waals surface area contributed by atoms with Crippen LogP contribution in [0.3, 0.4) is 0 Å². The fraction of sp³-hybridized carbons (Fsp3) is 0.188. The number of rotatable bonds is 13. The summed E-state index contributed by atoms with van der Waals surface area (Å²) in [4.78, 5) is 48.9. The molecule has 1 atom stereocenters. The standard InChI is InChI=1S/C32H30N2O6S/c35-29(34-27(14-16-30(36)37)32(40)33-26-8-4-5-22(17-26)18-31(38)39)15-11-21-9-12-24(13-10-21)28-19-25(20-41-28)23-6-2-1-3-7-23/h1-10,12-13,17,19-20,27H,11,14-16,18H2,(H,33,40)(H,34,35)(H,36,37)(H,38,39). The molecule has 2 amide bonds. The van der Waals surface area contributed by atoms with Gasteiger partial charge in [0.05, 0.1) is 6.42 Å². The molecule has 0 bridgehead atoms. The summed E-state index contributed by atoms with van der Waals surface area (Å²) in [7, 11) is 0. The first-order chi connectivity index (χ1) is 19.8. The lowest BCUT2D eigenvalue weighted by Gasteiger charge is -2.18. The Kier molecular flexibility index (Phi) is 10.0. The molecule has 1 aromatic heterocycles. The van der Waals surface area contributed by atoms with Gasteiger partial charge in [0.15, 0.2) is 0 Å². The molecule has 41 heavy (non-hydrogen) atoms. The van der Waals surface area contributed by atoms with Crippen LogP contribution in [0.4, 0.5) is 5.69 Å². The van der Waals surface area contributed by atoms with Crippen LogP contribution in [0, 0.1) is 0 Å². The molecule has 0 saturated heterocycles. The largest absolute Gasteiger partial charge is 0.481 e. The van der Waals surface area contributed by atoms with Crippen molar-refractivity contribution in [3.63, 3.8) is 0 Å². The van der Waals surface area contributed by atoms with Crippen LogP contribution in [-0.2, 0) is 32.0 Å². The second kappa shape index (κ2) is 14.0. The fourth-order valence-electron chi connectivity index (χ4n) is 4.33. The van der Waals surface area contributed by atoms with Crippen LogP contribution < -0.4 is 10.6 Å². The number of nitrogens with one attached hydrogen (secondary N) is 2. The van der Waals surface area contributed by atoms with Crippen LogP contribution in [0.15, 0.2) is 90.3 Å². The SMILES string of the molecule is O=C(O)CCC(NC(=O)CCc1ccc(-c2cc(-c3ccccc3)cs2)cc1)C(=O)Nc1cccc(CC(=O)O)c1. The van der Waals surface area contributed by atoms with Gasteiger partial charge in [0.25, 0.3) is 0 Å². The smallest absolute Gasteiger partial charge is 0.307 e. The summed E-state index contributed by atoms with van der Waals surface area (Å²) >= 11 is 1.67. The number of carboxylic acids is 2. The van der Waals surface area contributed by atoms with Crippen molar-refractivity contribution < 1.29 is 29.4 Å². The number of aryl methyl sites for hydroxylation is 1. The van der Waals surface area contributed by atoms with Gasteiger partial charge in [0, 0.05) is 23.4 Å². The molecule has 9 heteroatoms. The number of carbonyl (C=O) groups is 4. The molecule has 0 saturated carbocycles. The summed E-state index contributed by atoms with van der Waals surface area (Å²) < 4.78 is 0. The maximum Gasteiger partial charge on any atom is 0.307 e. The molecule has 0 fully saturated rings. The van der Waals surface area contributed by atoms with Crippen LogP contribution >= 0.6 is 11.3 Å². The van der Waals surface area contributed by atoms with E-state index in [0.717, 1.165) is 16.0 Å². The monoisotopic (exact) mass is 570 g/mol. The van der Waals surface area contributed by atoms with Gasteiger partial charge in [-0.2, -0.15) is 0 Å². The van der Waals surface area contributed by atoms with Gasteiger partial charge in [-0.15, -0.1) is 11.3 Å². The Morgan fingerprint density at radius 3 is 2.20 bits per heavy atom. The van der Waals surface area contributed by atoms with Gasteiger partial charge in [-0.05, 0) is 64.2 Å². The van der Waals surface area contributed by atoms with E-state index < -0.39 is 23.9 Å². The molecule has 1 heterocycles. The molecule has 4 aromatic rings. The zero-order valence-corrected chi connectivity index (χ0v) is 23.0. The van der Waals surface area contributed by atoms with Crippen LogP contribution in [0.5, 0.6) is 0 Å². The lowest BCUT2D eigenvalue weighted by atomic mass is 10.0. The highest BCUT2D eigenvalue weighted by Gasteiger charge is 2.22. The second-order valence-corrected chi connectivity index (χ2v) is 10.5. The number of aliphatic carboxylic acids is 2. The zero-order valence-electron chi connectivity index (χ0n) is 22.2. The van der Waals surface area contributed by atoms with Gasteiger partial charge in [0.1, 0.15) is 6.04 Å². The van der Waals surface area contributed by atoms with Crippen molar-refractivity contribution in [1.29, 1.82) is 0 Å². The summed E-state index contributed by atoms with van der Waals surface area (Å²) in [5.74, 6) is -3.02. The molecule has 0 aliphatic rings. The number of hydrogen-bond acceptors (Lipinski definition) is 5. The van der Waals surface area contributed by atoms with E-state index in [-0.39, 0.29) is 31.6 Å². The predicted molar refractivity (Wildman–Crippen MR) is 159 cm³/mol. The van der Waals surface area contributed by atoms with Gasteiger partial charge in [-0.25, -0.2) is 0 Å². The highest BCUT2D eigenvalue weighted by atomic mass is 32.1. The summed E-state index contributed by atoms with van der Waals surface area (Å²) in [5.41, 5.74) is 5.25. The average Bonchev–Trinajstić information content (AvgIpc) is 3.45. The van der Waals surface area contributed by atoms with Crippen molar-refractivity contribution in [2.24, 2.45) is 0 Å². The Morgan fingerprint density at radius 1 is 0.732 bits per heavy atom. The predicted octanol–water partition coefficient (Wildman–Crippen LogP) is 5.63. The third-order valence-corrected chi connectivity index (χ3v) is 7.41. The number of amides is 2. The zero-order chi connectivity index (χ0) is 29.2. The molecule has 0 aliphatic heterocycles.